The standard InChI is InChI=1S/C18H16BrN3OS/c1-11-5-4-6-15(20-11)21-18-22(3)17(23)16(24-18)12(2)13-7-9-14(19)10-8-13/h4-10H,1-3H3/b16-12-,21-18+. The van der Waals surface area contributed by atoms with Crippen LogP contribution < -0.4 is 0 Å². The van der Waals surface area contributed by atoms with E-state index in [4.69, 9.17) is 0 Å². The third kappa shape index (κ3) is 3.44. The fraction of sp³-hybridized carbons (Fsp3) is 0.167. The molecular weight excluding hydrogens is 386 g/mol. The van der Waals surface area contributed by atoms with Crippen molar-refractivity contribution in [1.29, 1.82) is 0 Å². The van der Waals surface area contributed by atoms with Gasteiger partial charge in [-0.2, -0.15) is 0 Å². The number of pyridine rings is 1. The van der Waals surface area contributed by atoms with Gasteiger partial charge in [0.05, 0.1) is 4.91 Å². The maximum atomic E-state index is 12.6. The molecular formula is C18H16BrN3OS. The Balaban J connectivity index is 1.96. The lowest BCUT2D eigenvalue weighted by atomic mass is 10.1. The van der Waals surface area contributed by atoms with Gasteiger partial charge < -0.3 is 0 Å². The second-order valence-corrected chi connectivity index (χ2v) is 7.35. The summed E-state index contributed by atoms with van der Waals surface area (Å²) in [7, 11) is 1.74. The van der Waals surface area contributed by atoms with Gasteiger partial charge in [-0.3, -0.25) is 9.69 Å². The van der Waals surface area contributed by atoms with Crippen LogP contribution in [-0.4, -0.2) is 28.0 Å². The number of aromatic nitrogens is 1. The van der Waals surface area contributed by atoms with Crippen molar-refractivity contribution in [3.8, 4) is 0 Å². The van der Waals surface area contributed by atoms with Crippen LogP contribution in [0.15, 0.2) is 56.8 Å². The Morgan fingerprint density at radius 3 is 2.58 bits per heavy atom. The Bertz CT molecular complexity index is 859. The number of hydrogen-bond acceptors (Lipinski definition) is 4. The fourth-order valence-corrected chi connectivity index (χ4v) is 3.60. The Morgan fingerprint density at radius 2 is 1.92 bits per heavy atom. The van der Waals surface area contributed by atoms with E-state index in [2.05, 4.69) is 25.9 Å². The molecule has 0 aliphatic carbocycles. The van der Waals surface area contributed by atoms with Crippen LogP contribution in [0.1, 0.15) is 18.2 Å². The van der Waals surface area contributed by atoms with E-state index in [1.54, 1.807) is 11.9 Å². The first kappa shape index (κ1) is 16.9. The third-order valence-corrected chi connectivity index (χ3v) is 5.44. The lowest BCUT2D eigenvalue weighted by Crippen LogP contribution is -2.24. The molecule has 2 aromatic rings. The molecule has 6 heteroatoms. The van der Waals surface area contributed by atoms with Crippen LogP contribution in [0.5, 0.6) is 0 Å². The van der Waals surface area contributed by atoms with E-state index >= 15 is 0 Å². The maximum absolute atomic E-state index is 12.6. The average molecular weight is 402 g/mol. The Labute approximate surface area is 153 Å². The first-order chi connectivity index (χ1) is 11.5. The Hall–Kier alpha value is -1.92. The normalized spacial score (nSPS) is 18.4. The van der Waals surface area contributed by atoms with Gasteiger partial charge in [-0.1, -0.05) is 34.1 Å². The maximum Gasteiger partial charge on any atom is 0.266 e. The summed E-state index contributed by atoms with van der Waals surface area (Å²) in [5.41, 5.74) is 2.87. The van der Waals surface area contributed by atoms with Crippen LogP contribution in [-0.2, 0) is 4.79 Å². The van der Waals surface area contributed by atoms with E-state index in [9.17, 15) is 4.79 Å². The van der Waals surface area contributed by atoms with E-state index in [1.165, 1.54) is 11.8 Å². The van der Waals surface area contributed by atoms with Crippen LogP contribution in [0, 0.1) is 6.92 Å². The SMILES string of the molecule is C/C(=C1/S/C(=N/c2cccc(C)n2)N(C)C1=O)c1ccc(Br)cc1. The Kier molecular flexibility index (Phi) is 4.87. The molecule has 1 aliphatic rings. The monoisotopic (exact) mass is 401 g/mol. The molecule has 0 saturated carbocycles. The highest BCUT2D eigenvalue weighted by Crippen LogP contribution is 2.36. The van der Waals surface area contributed by atoms with Crippen molar-refractivity contribution < 1.29 is 4.79 Å². The van der Waals surface area contributed by atoms with Crippen LogP contribution in [0.4, 0.5) is 5.82 Å². The molecule has 3 rings (SSSR count). The number of aryl methyl sites for hydroxylation is 1. The predicted octanol–water partition coefficient (Wildman–Crippen LogP) is 4.78. The van der Waals surface area contributed by atoms with Crippen molar-refractivity contribution in [2.45, 2.75) is 13.8 Å². The van der Waals surface area contributed by atoms with E-state index < -0.39 is 0 Å². The zero-order valence-electron chi connectivity index (χ0n) is 13.6. The first-order valence-electron chi connectivity index (χ1n) is 7.41. The van der Waals surface area contributed by atoms with Gasteiger partial charge in [0.15, 0.2) is 11.0 Å². The molecule has 0 radical (unpaired) electrons. The average Bonchev–Trinajstić information content (AvgIpc) is 2.83. The molecule has 1 aliphatic heterocycles. The number of carbonyl (C=O) groups is 1. The summed E-state index contributed by atoms with van der Waals surface area (Å²) in [6, 6.07) is 13.6. The zero-order chi connectivity index (χ0) is 17.3. The lowest BCUT2D eigenvalue weighted by molar-refractivity contribution is -0.121. The van der Waals surface area contributed by atoms with Gasteiger partial charge in [-0.15, -0.1) is 0 Å². The van der Waals surface area contributed by atoms with Gasteiger partial charge in [0.2, 0.25) is 0 Å². The van der Waals surface area contributed by atoms with Crippen molar-refractivity contribution in [2.24, 2.45) is 4.99 Å². The van der Waals surface area contributed by atoms with Gasteiger partial charge in [0, 0.05) is 17.2 Å². The fourth-order valence-electron chi connectivity index (χ4n) is 2.30. The lowest BCUT2D eigenvalue weighted by Gasteiger charge is -2.07. The summed E-state index contributed by atoms with van der Waals surface area (Å²) in [4.78, 5) is 23.8. The minimum atomic E-state index is -0.0354. The van der Waals surface area contributed by atoms with E-state index in [1.807, 2.05) is 56.3 Å². The number of hydrogen-bond donors (Lipinski definition) is 0. The number of aliphatic imine (C=N–C) groups is 1. The van der Waals surface area contributed by atoms with Gasteiger partial charge in [0.1, 0.15) is 0 Å². The van der Waals surface area contributed by atoms with Gasteiger partial charge >= 0.3 is 0 Å². The number of benzene rings is 1. The molecule has 1 aromatic carbocycles. The van der Waals surface area contributed by atoms with Crippen LogP contribution in [0.25, 0.3) is 5.57 Å². The van der Waals surface area contributed by atoms with Crippen molar-refractivity contribution in [2.75, 3.05) is 7.05 Å². The van der Waals surface area contributed by atoms with Crippen LogP contribution >= 0.6 is 27.7 Å². The van der Waals surface area contributed by atoms with Gasteiger partial charge in [-0.05, 0) is 61.0 Å². The highest BCUT2D eigenvalue weighted by molar-refractivity contribution is 9.10. The van der Waals surface area contributed by atoms with Crippen molar-refractivity contribution >= 4 is 50.2 Å². The topological polar surface area (TPSA) is 45.6 Å². The summed E-state index contributed by atoms with van der Waals surface area (Å²) in [6.07, 6.45) is 0. The molecule has 122 valence electrons. The molecule has 0 bridgehead atoms. The van der Waals surface area contributed by atoms with Crippen molar-refractivity contribution in [3.05, 3.63) is 63.1 Å². The molecule has 1 aromatic heterocycles. The molecule has 0 atom stereocenters. The minimum Gasteiger partial charge on any atom is -0.289 e. The van der Waals surface area contributed by atoms with E-state index in [0.717, 1.165) is 21.3 Å². The summed E-state index contributed by atoms with van der Waals surface area (Å²) < 4.78 is 1.01. The second kappa shape index (κ2) is 6.91. The van der Waals surface area contributed by atoms with E-state index in [0.29, 0.717) is 15.9 Å². The van der Waals surface area contributed by atoms with Crippen molar-refractivity contribution in [1.82, 2.24) is 9.88 Å². The molecule has 0 spiro atoms. The number of allylic oxidation sites excluding steroid dienone is 1. The number of amidine groups is 1. The van der Waals surface area contributed by atoms with Gasteiger partial charge in [0.25, 0.3) is 5.91 Å². The first-order valence-corrected chi connectivity index (χ1v) is 9.02. The molecule has 0 unspecified atom stereocenters. The summed E-state index contributed by atoms with van der Waals surface area (Å²) >= 11 is 4.82. The molecule has 1 saturated heterocycles. The highest BCUT2D eigenvalue weighted by Gasteiger charge is 2.32. The largest absolute Gasteiger partial charge is 0.289 e. The zero-order valence-corrected chi connectivity index (χ0v) is 16.0. The smallest absolute Gasteiger partial charge is 0.266 e. The summed E-state index contributed by atoms with van der Waals surface area (Å²) in [5.74, 6) is 0.575. The number of nitrogens with zero attached hydrogens (tertiary/aromatic N) is 3. The quantitative estimate of drug-likeness (QED) is 0.680. The van der Waals surface area contributed by atoms with Gasteiger partial charge in [-0.25, -0.2) is 9.98 Å². The number of likely N-dealkylation sites (N-methyl/N-ethyl adjacent to an activating group) is 1. The number of thioether (sulfide) groups is 1. The molecule has 4 nitrogen and oxygen atoms in total. The van der Waals surface area contributed by atoms with E-state index in [-0.39, 0.29) is 5.91 Å². The highest BCUT2D eigenvalue weighted by atomic mass is 79.9. The second-order valence-electron chi connectivity index (χ2n) is 5.46. The molecule has 1 fully saturated rings. The number of halogens is 1. The number of amides is 1. The molecule has 2 heterocycles. The Morgan fingerprint density at radius 1 is 1.21 bits per heavy atom. The molecule has 24 heavy (non-hydrogen) atoms. The summed E-state index contributed by atoms with van der Waals surface area (Å²) in [6.45, 7) is 3.88. The number of carbonyl (C=O) groups excluding carboxylic acids is 1. The summed E-state index contributed by atoms with van der Waals surface area (Å²) in [5, 5.41) is 0.643. The third-order valence-electron chi connectivity index (χ3n) is 3.68. The predicted molar refractivity (Wildman–Crippen MR) is 103 cm³/mol. The van der Waals surface area contributed by atoms with Crippen LogP contribution in [0.3, 0.4) is 0 Å². The molecule has 1 amide bonds. The van der Waals surface area contributed by atoms with Crippen molar-refractivity contribution in [3.63, 3.8) is 0 Å². The minimum absolute atomic E-state index is 0.0354. The number of rotatable bonds is 2. The van der Waals surface area contributed by atoms with Crippen LogP contribution in [0.2, 0.25) is 0 Å². The molecule has 0 N–H and O–H groups in total.